The fourth-order valence-electron chi connectivity index (χ4n) is 5.31. The van der Waals surface area contributed by atoms with Crippen molar-refractivity contribution >= 4 is 0 Å². The molecule has 2 saturated carbocycles. The first kappa shape index (κ1) is 14.4. The number of fused-ring (bicyclic) bond motifs is 3. The monoisotopic (exact) mass is 274 g/mol. The minimum atomic E-state index is 0.305. The highest BCUT2D eigenvalue weighted by atomic mass is 16.3. The van der Waals surface area contributed by atoms with Crippen LogP contribution in [0, 0.1) is 22.7 Å². The molecular weight excluding hydrogens is 244 g/mol. The van der Waals surface area contributed by atoms with Crippen LogP contribution in [0.2, 0.25) is 0 Å². The van der Waals surface area contributed by atoms with Crippen molar-refractivity contribution in [3.05, 3.63) is 23.3 Å². The zero-order chi connectivity index (χ0) is 14.5. The molecule has 0 spiro atoms. The molecule has 0 saturated heterocycles. The Balaban J connectivity index is 2.08. The minimum absolute atomic E-state index is 0.305. The molecule has 0 radical (unpaired) electrons. The Kier molecular flexibility index (Phi) is 3.40. The van der Waals surface area contributed by atoms with Gasteiger partial charge in [0.25, 0.3) is 0 Å². The molecule has 0 aromatic heterocycles. The van der Waals surface area contributed by atoms with Gasteiger partial charge >= 0.3 is 0 Å². The van der Waals surface area contributed by atoms with Gasteiger partial charge in [0, 0.05) is 12.5 Å². The van der Waals surface area contributed by atoms with E-state index in [-0.39, 0.29) is 0 Å². The van der Waals surface area contributed by atoms with E-state index >= 15 is 0 Å². The van der Waals surface area contributed by atoms with Gasteiger partial charge in [0.15, 0.2) is 0 Å². The van der Waals surface area contributed by atoms with Gasteiger partial charge in [-0.15, -0.1) is 0 Å². The molecule has 1 nitrogen and oxygen atoms in total. The smallest absolute Gasteiger partial charge is 0.0493 e. The highest BCUT2D eigenvalue weighted by Gasteiger charge is 2.53. The average molecular weight is 274 g/mol. The van der Waals surface area contributed by atoms with Crippen LogP contribution in [0.15, 0.2) is 23.3 Å². The van der Waals surface area contributed by atoms with Crippen molar-refractivity contribution in [2.24, 2.45) is 22.7 Å². The number of hydrogen-bond acceptors (Lipinski definition) is 1. The molecule has 1 N–H and O–H groups in total. The Labute approximate surface area is 124 Å². The first-order chi connectivity index (χ1) is 9.42. The summed E-state index contributed by atoms with van der Waals surface area (Å²) in [5.74, 6) is 1.05. The fourth-order valence-corrected chi connectivity index (χ4v) is 5.31. The lowest BCUT2D eigenvalue weighted by molar-refractivity contribution is 0.105. The Morgan fingerprint density at radius 3 is 2.70 bits per heavy atom. The Bertz CT molecular complexity index is 460. The molecule has 0 bridgehead atoms. The van der Waals surface area contributed by atoms with Gasteiger partial charge in [0.1, 0.15) is 0 Å². The molecule has 1 heteroatoms. The van der Waals surface area contributed by atoms with Crippen LogP contribution in [0.3, 0.4) is 0 Å². The molecule has 3 rings (SSSR count). The number of aliphatic hydroxyl groups is 1. The van der Waals surface area contributed by atoms with E-state index in [1.165, 1.54) is 50.5 Å². The molecule has 0 aliphatic heterocycles. The molecule has 3 aliphatic carbocycles. The molecule has 0 aromatic rings. The van der Waals surface area contributed by atoms with E-state index in [9.17, 15) is 5.11 Å². The lowest BCUT2D eigenvalue weighted by Crippen LogP contribution is -2.43. The largest absolute Gasteiger partial charge is 0.396 e. The maximum atomic E-state index is 9.63. The second kappa shape index (κ2) is 4.73. The second-order valence-electron chi connectivity index (χ2n) is 8.05. The minimum Gasteiger partial charge on any atom is -0.396 e. The number of aliphatic hydroxyl groups excluding tert-OH is 1. The zero-order valence-corrected chi connectivity index (χ0v) is 13.5. The van der Waals surface area contributed by atoms with E-state index in [1.807, 2.05) is 0 Å². The maximum absolute atomic E-state index is 9.63. The van der Waals surface area contributed by atoms with Crippen molar-refractivity contribution < 1.29 is 5.11 Å². The maximum Gasteiger partial charge on any atom is 0.0493 e. The van der Waals surface area contributed by atoms with E-state index in [0.29, 0.717) is 29.3 Å². The van der Waals surface area contributed by atoms with Gasteiger partial charge in [-0.3, -0.25) is 0 Å². The van der Waals surface area contributed by atoms with E-state index in [0.717, 1.165) is 0 Å². The second-order valence-corrected chi connectivity index (χ2v) is 8.05. The van der Waals surface area contributed by atoms with Gasteiger partial charge in [-0.05, 0) is 61.7 Å². The van der Waals surface area contributed by atoms with Crippen LogP contribution in [0.25, 0.3) is 0 Å². The van der Waals surface area contributed by atoms with Gasteiger partial charge in [-0.25, -0.2) is 0 Å². The van der Waals surface area contributed by atoms with Crippen molar-refractivity contribution in [2.75, 3.05) is 6.61 Å². The van der Waals surface area contributed by atoms with Crippen LogP contribution in [-0.2, 0) is 0 Å². The van der Waals surface area contributed by atoms with Crippen LogP contribution in [0.4, 0.5) is 0 Å². The molecule has 0 unspecified atom stereocenters. The lowest BCUT2D eigenvalue weighted by atomic mass is 9.51. The first-order valence-corrected chi connectivity index (χ1v) is 8.45. The standard InChI is InChI=1S/C19H30O/c1-13(12-20)15-8-9-18(3)10-11-19(4)14(2)6-5-7-16(19)17(15)18/h13,16,20H,2,5-12H2,1,3-4H3/t13-,16-,18-,19+/m1/s1. The number of rotatable bonds is 2. The summed E-state index contributed by atoms with van der Waals surface area (Å²) < 4.78 is 0. The summed E-state index contributed by atoms with van der Waals surface area (Å²) in [7, 11) is 0. The van der Waals surface area contributed by atoms with Gasteiger partial charge in [-0.2, -0.15) is 0 Å². The molecule has 4 atom stereocenters. The predicted molar refractivity (Wildman–Crippen MR) is 84.4 cm³/mol. The normalized spacial score (nSPS) is 42.4. The van der Waals surface area contributed by atoms with Gasteiger partial charge in [0.05, 0.1) is 0 Å². The summed E-state index contributed by atoms with van der Waals surface area (Å²) in [6, 6.07) is 0. The molecular formula is C19H30O. The number of allylic oxidation sites excluding steroid dienone is 2. The van der Waals surface area contributed by atoms with Crippen molar-refractivity contribution in [1.29, 1.82) is 0 Å². The van der Waals surface area contributed by atoms with E-state index < -0.39 is 0 Å². The molecule has 0 heterocycles. The third kappa shape index (κ3) is 1.85. The first-order valence-electron chi connectivity index (χ1n) is 8.45. The SMILES string of the molecule is C=C1CCC[C@@H]2C3=C([C@H](C)CO)CC[C@]3(C)CC[C@@]12C. The number of hydrogen-bond donors (Lipinski definition) is 1. The summed E-state index contributed by atoms with van der Waals surface area (Å²) in [5, 5.41) is 9.63. The third-order valence-electron chi connectivity index (χ3n) is 6.90. The summed E-state index contributed by atoms with van der Waals surface area (Å²) in [4.78, 5) is 0. The predicted octanol–water partition coefficient (Wildman–Crippen LogP) is 4.87. The molecule has 20 heavy (non-hydrogen) atoms. The van der Waals surface area contributed by atoms with Crippen LogP contribution >= 0.6 is 0 Å². The highest BCUT2D eigenvalue weighted by molar-refractivity contribution is 5.38. The Hall–Kier alpha value is -0.560. The fraction of sp³-hybridized carbons (Fsp3) is 0.789. The topological polar surface area (TPSA) is 20.2 Å². The summed E-state index contributed by atoms with van der Waals surface area (Å²) in [6.07, 6.45) is 9.02. The molecule has 112 valence electrons. The zero-order valence-electron chi connectivity index (χ0n) is 13.5. The summed E-state index contributed by atoms with van der Waals surface area (Å²) in [6.45, 7) is 11.9. The van der Waals surface area contributed by atoms with Gasteiger partial charge in [-0.1, -0.05) is 44.1 Å². The molecule has 2 fully saturated rings. The van der Waals surface area contributed by atoms with Crippen LogP contribution in [0.1, 0.15) is 65.7 Å². The summed E-state index contributed by atoms with van der Waals surface area (Å²) in [5.41, 5.74) is 5.58. The molecule has 0 aromatic carbocycles. The highest BCUT2D eigenvalue weighted by Crippen LogP contribution is 2.64. The van der Waals surface area contributed by atoms with Crippen LogP contribution < -0.4 is 0 Å². The van der Waals surface area contributed by atoms with Gasteiger partial charge < -0.3 is 5.11 Å². The van der Waals surface area contributed by atoms with Crippen LogP contribution in [-0.4, -0.2) is 11.7 Å². The van der Waals surface area contributed by atoms with Crippen molar-refractivity contribution in [3.8, 4) is 0 Å². The average Bonchev–Trinajstić information content (AvgIpc) is 2.78. The third-order valence-corrected chi connectivity index (χ3v) is 6.90. The molecule has 0 amide bonds. The molecule has 3 aliphatic rings. The van der Waals surface area contributed by atoms with Crippen molar-refractivity contribution in [1.82, 2.24) is 0 Å². The van der Waals surface area contributed by atoms with Crippen molar-refractivity contribution in [3.63, 3.8) is 0 Å². The van der Waals surface area contributed by atoms with E-state index in [1.54, 1.807) is 11.1 Å². The van der Waals surface area contributed by atoms with Crippen molar-refractivity contribution in [2.45, 2.75) is 65.7 Å². The summed E-state index contributed by atoms with van der Waals surface area (Å²) >= 11 is 0. The quantitative estimate of drug-likeness (QED) is 0.712. The Morgan fingerprint density at radius 1 is 1.25 bits per heavy atom. The Morgan fingerprint density at radius 2 is 2.00 bits per heavy atom. The van der Waals surface area contributed by atoms with Gasteiger partial charge in [0.2, 0.25) is 0 Å². The van der Waals surface area contributed by atoms with Crippen LogP contribution in [0.5, 0.6) is 0 Å². The van der Waals surface area contributed by atoms with E-state index in [2.05, 4.69) is 27.4 Å². The van der Waals surface area contributed by atoms with E-state index in [4.69, 9.17) is 0 Å². The lowest BCUT2D eigenvalue weighted by Gasteiger charge is -2.53.